The molecule has 26 heavy (non-hydrogen) atoms. The van der Waals surface area contributed by atoms with Gasteiger partial charge in [0.2, 0.25) is 5.90 Å². The van der Waals surface area contributed by atoms with E-state index in [0.717, 1.165) is 24.0 Å². The molecule has 2 aromatic rings. The number of hydrogen-bond acceptors (Lipinski definition) is 3. The van der Waals surface area contributed by atoms with E-state index in [1.54, 1.807) is 12.1 Å². The van der Waals surface area contributed by atoms with Crippen LogP contribution in [0.25, 0.3) is 6.08 Å². The summed E-state index contributed by atoms with van der Waals surface area (Å²) in [6, 6.07) is 15.4. The number of nitrogens with zero attached hydrogens (tertiary/aromatic N) is 1. The van der Waals surface area contributed by atoms with Crippen LogP contribution in [0, 0.1) is 0 Å². The lowest BCUT2D eigenvalue weighted by molar-refractivity contribution is 0.130. The molecule has 0 aromatic heterocycles. The molecule has 1 heterocycles. The molecule has 1 N–H and O–H groups in total. The maximum absolute atomic E-state index is 9.56. The van der Waals surface area contributed by atoms with Gasteiger partial charge in [-0.15, -0.1) is 0 Å². The van der Waals surface area contributed by atoms with Crippen LogP contribution in [0.4, 0.5) is 0 Å². The Morgan fingerprint density at radius 3 is 2.69 bits per heavy atom. The highest BCUT2D eigenvalue weighted by Crippen LogP contribution is 2.46. The molecule has 3 aliphatic rings. The molecule has 0 saturated heterocycles. The topological polar surface area (TPSA) is 41.8 Å². The van der Waals surface area contributed by atoms with Crippen molar-refractivity contribution in [3.05, 3.63) is 94.6 Å². The summed E-state index contributed by atoms with van der Waals surface area (Å²) in [6.07, 6.45) is 10.9. The Morgan fingerprint density at radius 2 is 1.81 bits per heavy atom. The first-order chi connectivity index (χ1) is 12.8. The molecule has 0 saturated carbocycles. The molecule has 2 aromatic carbocycles. The number of allylic oxidation sites excluding steroid dienone is 3. The number of benzene rings is 2. The standard InChI is InChI=1S/C23H19NO2/c25-19-13-11-18(12-14-19)22-24-15-23(26-22)20-7-3-1-5-16(20)9-10-17-6-2-4-8-21(17)23/h1,3-5,7-14,25H,2,6,15H2. The van der Waals surface area contributed by atoms with Gasteiger partial charge in [0, 0.05) is 16.7 Å². The number of aliphatic imine (C=N–C) groups is 1. The third-order valence-corrected chi connectivity index (χ3v) is 5.34. The Labute approximate surface area is 152 Å². The lowest BCUT2D eigenvalue weighted by atomic mass is 9.80. The maximum Gasteiger partial charge on any atom is 0.217 e. The lowest BCUT2D eigenvalue weighted by Crippen LogP contribution is -2.34. The molecule has 0 amide bonds. The molecule has 2 aliphatic carbocycles. The molecule has 3 nitrogen and oxygen atoms in total. The van der Waals surface area contributed by atoms with Gasteiger partial charge in [0.05, 0.1) is 6.54 Å². The van der Waals surface area contributed by atoms with Crippen molar-refractivity contribution in [3.8, 4) is 5.75 Å². The first kappa shape index (κ1) is 15.2. The van der Waals surface area contributed by atoms with Gasteiger partial charge in [-0.3, -0.25) is 0 Å². The summed E-state index contributed by atoms with van der Waals surface area (Å²) in [4.78, 5) is 4.76. The van der Waals surface area contributed by atoms with Gasteiger partial charge in [0.25, 0.3) is 0 Å². The SMILES string of the molecule is Oc1ccc(C2=NCC3(O2)C2=C(C=Cc4ccccc43)CCC=C2)cc1. The predicted octanol–water partition coefficient (Wildman–Crippen LogP) is 4.74. The first-order valence-corrected chi connectivity index (χ1v) is 8.97. The van der Waals surface area contributed by atoms with E-state index in [1.807, 2.05) is 12.1 Å². The molecule has 1 atom stereocenters. The van der Waals surface area contributed by atoms with Gasteiger partial charge in [-0.1, -0.05) is 48.6 Å². The Bertz CT molecular complexity index is 995. The Balaban J connectivity index is 1.64. The van der Waals surface area contributed by atoms with Gasteiger partial charge in [-0.2, -0.15) is 0 Å². The Kier molecular flexibility index (Phi) is 3.35. The second-order valence-electron chi connectivity index (χ2n) is 6.90. The summed E-state index contributed by atoms with van der Waals surface area (Å²) in [5, 5.41) is 9.56. The third kappa shape index (κ3) is 2.24. The largest absolute Gasteiger partial charge is 0.508 e. The van der Waals surface area contributed by atoms with Crippen LogP contribution in [0.15, 0.2) is 82.9 Å². The van der Waals surface area contributed by atoms with E-state index in [1.165, 1.54) is 16.7 Å². The molecule has 1 spiro atoms. The highest BCUT2D eigenvalue weighted by Gasteiger charge is 2.46. The first-order valence-electron chi connectivity index (χ1n) is 8.97. The monoisotopic (exact) mass is 341 g/mol. The molecular weight excluding hydrogens is 322 g/mol. The zero-order chi connectivity index (χ0) is 17.6. The molecule has 5 rings (SSSR count). The molecule has 3 heteroatoms. The van der Waals surface area contributed by atoms with Crippen molar-refractivity contribution in [1.29, 1.82) is 0 Å². The van der Waals surface area contributed by atoms with E-state index in [2.05, 4.69) is 48.6 Å². The van der Waals surface area contributed by atoms with E-state index in [-0.39, 0.29) is 5.75 Å². The molecular formula is C23H19NO2. The highest BCUT2D eigenvalue weighted by molar-refractivity contribution is 5.96. The number of ether oxygens (including phenoxy) is 1. The van der Waals surface area contributed by atoms with Crippen LogP contribution in [-0.2, 0) is 10.3 Å². The summed E-state index contributed by atoms with van der Waals surface area (Å²) in [5.41, 5.74) is 5.17. The van der Waals surface area contributed by atoms with E-state index in [4.69, 9.17) is 9.73 Å². The normalized spacial score (nSPS) is 23.3. The molecule has 128 valence electrons. The van der Waals surface area contributed by atoms with Crippen molar-refractivity contribution in [2.75, 3.05) is 6.54 Å². The molecule has 0 bridgehead atoms. The van der Waals surface area contributed by atoms with Crippen LogP contribution < -0.4 is 0 Å². The lowest BCUT2D eigenvalue weighted by Gasteiger charge is -2.33. The van der Waals surface area contributed by atoms with Crippen LogP contribution >= 0.6 is 0 Å². The number of phenols is 1. The molecule has 0 fully saturated rings. The molecule has 1 aliphatic heterocycles. The number of phenolic OH excluding ortho intramolecular Hbond substituents is 1. The second kappa shape index (κ2) is 5.73. The zero-order valence-electron chi connectivity index (χ0n) is 14.4. The predicted molar refractivity (Wildman–Crippen MR) is 103 cm³/mol. The number of hydrogen-bond donors (Lipinski definition) is 1. The van der Waals surface area contributed by atoms with Crippen molar-refractivity contribution < 1.29 is 9.84 Å². The van der Waals surface area contributed by atoms with Gasteiger partial charge in [0.15, 0.2) is 5.60 Å². The summed E-state index contributed by atoms with van der Waals surface area (Å²) >= 11 is 0. The Morgan fingerprint density at radius 1 is 0.962 bits per heavy atom. The molecule has 0 radical (unpaired) electrons. The van der Waals surface area contributed by atoms with Gasteiger partial charge < -0.3 is 9.84 Å². The number of fused-ring (bicyclic) bond motifs is 3. The smallest absolute Gasteiger partial charge is 0.217 e. The second-order valence-corrected chi connectivity index (χ2v) is 6.90. The number of aromatic hydroxyl groups is 1. The zero-order valence-corrected chi connectivity index (χ0v) is 14.4. The van der Waals surface area contributed by atoms with Gasteiger partial charge in [0.1, 0.15) is 5.75 Å². The van der Waals surface area contributed by atoms with Crippen LogP contribution in [0.1, 0.15) is 29.5 Å². The van der Waals surface area contributed by atoms with Crippen LogP contribution in [0.5, 0.6) is 5.75 Å². The van der Waals surface area contributed by atoms with Crippen molar-refractivity contribution in [2.45, 2.75) is 18.4 Å². The van der Waals surface area contributed by atoms with Crippen molar-refractivity contribution in [3.63, 3.8) is 0 Å². The van der Waals surface area contributed by atoms with E-state index in [0.29, 0.717) is 12.4 Å². The Hall–Kier alpha value is -3.07. The average Bonchev–Trinajstić information content (AvgIpc) is 3.08. The average molecular weight is 341 g/mol. The fourth-order valence-electron chi connectivity index (χ4n) is 4.04. The summed E-state index contributed by atoms with van der Waals surface area (Å²) in [6.45, 7) is 0.561. The maximum atomic E-state index is 9.56. The van der Waals surface area contributed by atoms with Crippen LogP contribution in [0.3, 0.4) is 0 Å². The summed E-state index contributed by atoms with van der Waals surface area (Å²) in [5.74, 6) is 0.874. The summed E-state index contributed by atoms with van der Waals surface area (Å²) < 4.78 is 6.61. The fraction of sp³-hybridized carbons (Fsp3) is 0.174. The quantitative estimate of drug-likeness (QED) is 0.814. The van der Waals surface area contributed by atoms with Crippen molar-refractivity contribution >= 4 is 12.0 Å². The van der Waals surface area contributed by atoms with Crippen LogP contribution in [0.2, 0.25) is 0 Å². The molecule has 1 unspecified atom stereocenters. The highest BCUT2D eigenvalue weighted by atomic mass is 16.5. The minimum Gasteiger partial charge on any atom is -0.508 e. The van der Waals surface area contributed by atoms with Crippen molar-refractivity contribution in [1.82, 2.24) is 0 Å². The third-order valence-electron chi connectivity index (χ3n) is 5.34. The van der Waals surface area contributed by atoms with E-state index >= 15 is 0 Å². The van der Waals surface area contributed by atoms with Crippen molar-refractivity contribution in [2.24, 2.45) is 4.99 Å². The number of rotatable bonds is 1. The minimum atomic E-state index is -0.584. The van der Waals surface area contributed by atoms with Gasteiger partial charge in [-0.05, 0) is 48.2 Å². The van der Waals surface area contributed by atoms with Crippen LogP contribution in [-0.4, -0.2) is 17.5 Å². The fourth-order valence-corrected chi connectivity index (χ4v) is 4.04. The van der Waals surface area contributed by atoms with Gasteiger partial charge >= 0.3 is 0 Å². The van der Waals surface area contributed by atoms with E-state index < -0.39 is 5.60 Å². The van der Waals surface area contributed by atoms with Gasteiger partial charge in [-0.25, -0.2) is 4.99 Å². The minimum absolute atomic E-state index is 0.242. The summed E-state index contributed by atoms with van der Waals surface area (Å²) in [7, 11) is 0. The van der Waals surface area contributed by atoms with E-state index in [9.17, 15) is 5.11 Å².